The number of hydrogen-bond donors (Lipinski definition) is 3. The number of nitrogens with one attached hydrogen (secondary N) is 3. The van der Waals surface area contributed by atoms with Crippen molar-refractivity contribution in [3.63, 3.8) is 0 Å². The van der Waals surface area contributed by atoms with Crippen molar-refractivity contribution in [3.05, 3.63) is 24.2 Å². The van der Waals surface area contributed by atoms with Gasteiger partial charge in [0.05, 0.1) is 18.9 Å². The minimum atomic E-state index is -0.501. The highest BCUT2D eigenvalue weighted by atomic mass is 127. The smallest absolute Gasteiger partial charge is 0.407 e. The van der Waals surface area contributed by atoms with Crippen LogP contribution in [0.3, 0.4) is 0 Å². The summed E-state index contributed by atoms with van der Waals surface area (Å²) in [5.74, 6) is 1.62. The van der Waals surface area contributed by atoms with Gasteiger partial charge < -0.3 is 29.8 Å². The summed E-state index contributed by atoms with van der Waals surface area (Å²) in [6, 6.07) is 3.82. The molecule has 0 radical (unpaired) electrons. The summed E-state index contributed by atoms with van der Waals surface area (Å²) in [5, 5.41) is 9.24. The quantitative estimate of drug-likeness (QED) is 0.216. The first-order valence-corrected chi connectivity index (χ1v) is 9.55. The van der Waals surface area contributed by atoms with Gasteiger partial charge in [-0.05, 0) is 45.7 Å². The molecule has 1 saturated heterocycles. The number of halogens is 1. The molecule has 8 nitrogen and oxygen atoms in total. The molecule has 0 aliphatic carbocycles. The minimum Gasteiger partial charge on any atom is -0.469 e. The van der Waals surface area contributed by atoms with E-state index in [0.717, 1.165) is 31.6 Å². The van der Waals surface area contributed by atoms with Gasteiger partial charge in [0, 0.05) is 32.7 Å². The van der Waals surface area contributed by atoms with Crippen LogP contribution in [0, 0.1) is 0 Å². The van der Waals surface area contributed by atoms with Crippen LogP contribution >= 0.6 is 24.0 Å². The van der Waals surface area contributed by atoms with E-state index in [4.69, 9.17) is 13.9 Å². The third kappa shape index (κ3) is 10.7. The standard InChI is InChI=1S/C19H32N4O4.HI/c1-19(2,3)27-18(24)22-11-10-21-17(23-14-16-7-5-13-26-16)20-9-8-15-6-4-12-25-15;/h4,6,12,16H,5,7-11,13-14H2,1-3H3,(H,22,24)(H2,20,21,23);1H. The van der Waals surface area contributed by atoms with E-state index in [0.29, 0.717) is 32.1 Å². The second-order valence-electron chi connectivity index (χ2n) is 7.44. The SMILES string of the molecule is CC(C)(C)OC(=O)NCCNC(=NCC1CCCO1)NCCc1ccco1.I. The Hall–Kier alpha value is -1.49. The number of aliphatic imine (C=N–C) groups is 1. The van der Waals surface area contributed by atoms with Crippen molar-refractivity contribution in [2.45, 2.75) is 51.7 Å². The molecule has 1 amide bonds. The van der Waals surface area contributed by atoms with Gasteiger partial charge in [-0.1, -0.05) is 0 Å². The van der Waals surface area contributed by atoms with Gasteiger partial charge in [0.25, 0.3) is 0 Å². The Morgan fingerprint density at radius 1 is 1.25 bits per heavy atom. The van der Waals surface area contributed by atoms with Crippen molar-refractivity contribution < 1.29 is 18.7 Å². The van der Waals surface area contributed by atoms with Gasteiger partial charge in [0.15, 0.2) is 5.96 Å². The second kappa shape index (κ2) is 12.9. The lowest BCUT2D eigenvalue weighted by atomic mass is 10.2. The van der Waals surface area contributed by atoms with E-state index in [-0.39, 0.29) is 30.1 Å². The zero-order chi connectivity index (χ0) is 19.5. The van der Waals surface area contributed by atoms with Crippen molar-refractivity contribution in [2.24, 2.45) is 4.99 Å². The molecule has 0 bridgehead atoms. The third-order valence-electron chi connectivity index (χ3n) is 3.81. The summed E-state index contributed by atoms with van der Waals surface area (Å²) in [6.07, 6.45) is 4.34. The summed E-state index contributed by atoms with van der Waals surface area (Å²) >= 11 is 0. The first-order chi connectivity index (χ1) is 12.9. The molecule has 0 spiro atoms. The molecule has 1 aromatic rings. The molecule has 0 aromatic carbocycles. The number of rotatable bonds is 8. The molecule has 0 saturated carbocycles. The van der Waals surface area contributed by atoms with Gasteiger partial charge in [-0.15, -0.1) is 24.0 Å². The van der Waals surface area contributed by atoms with Crippen molar-refractivity contribution in [1.29, 1.82) is 0 Å². The number of hydrogen-bond acceptors (Lipinski definition) is 5. The highest BCUT2D eigenvalue weighted by Crippen LogP contribution is 2.11. The number of guanidine groups is 1. The fourth-order valence-electron chi connectivity index (χ4n) is 2.57. The maximum absolute atomic E-state index is 11.7. The van der Waals surface area contributed by atoms with E-state index >= 15 is 0 Å². The largest absolute Gasteiger partial charge is 0.469 e. The van der Waals surface area contributed by atoms with E-state index in [1.54, 1.807) is 6.26 Å². The van der Waals surface area contributed by atoms with E-state index < -0.39 is 11.7 Å². The summed E-state index contributed by atoms with van der Waals surface area (Å²) in [6.45, 7) is 8.62. The molecule has 1 aromatic heterocycles. The zero-order valence-corrected chi connectivity index (χ0v) is 19.3. The number of nitrogens with zero attached hydrogens (tertiary/aromatic N) is 1. The topological polar surface area (TPSA) is 97.1 Å². The van der Waals surface area contributed by atoms with E-state index in [9.17, 15) is 4.79 Å². The van der Waals surface area contributed by atoms with E-state index in [2.05, 4.69) is 20.9 Å². The van der Waals surface area contributed by atoms with Gasteiger partial charge >= 0.3 is 6.09 Å². The minimum absolute atomic E-state index is 0. The number of furan rings is 1. The van der Waals surface area contributed by atoms with Crippen LogP contribution in [0.15, 0.2) is 27.8 Å². The molecule has 9 heteroatoms. The average molecular weight is 508 g/mol. The lowest BCUT2D eigenvalue weighted by molar-refractivity contribution is 0.0529. The molecule has 2 heterocycles. The molecule has 28 heavy (non-hydrogen) atoms. The highest BCUT2D eigenvalue weighted by molar-refractivity contribution is 14.0. The van der Waals surface area contributed by atoms with Crippen molar-refractivity contribution in [1.82, 2.24) is 16.0 Å². The molecular weight excluding hydrogens is 475 g/mol. The number of carbonyl (C=O) groups is 1. The van der Waals surface area contributed by atoms with Crippen LogP contribution in [-0.2, 0) is 15.9 Å². The number of alkyl carbamates (subject to hydrolysis) is 1. The normalized spacial score (nSPS) is 17.0. The van der Waals surface area contributed by atoms with Crippen LogP contribution in [0.25, 0.3) is 0 Å². The van der Waals surface area contributed by atoms with Gasteiger partial charge in [-0.3, -0.25) is 4.99 Å². The predicted octanol–water partition coefficient (Wildman–Crippen LogP) is 2.68. The molecule has 1 unspecified atom stereocenters. The monoisotopic (exact) mass is 508 g/mol. The lowest BCUT2D eigenvalue weighted by Crippen LogP contribution is -2.43. The van der Waals surface area contributed by atoms with Crippen molar-refractivity contribution in [2.75, 3.05) is 32.8 Å². The van der Waals surface area contributed by atoms with Crippen LogP contribution in [0.1, 0.15) is 39.4 Å². The maximum Gasteiger partial charge on any atom is 0.407 e. The molecular formula is C19H33IN4O4. The van der Waals surface area contributed by atoms with Gasteiger partial charge in [-0.2, -0.15) is 0 Å². The van der Waals surface area contributed by atoms with Gasteiger partial charge in [0.1, 0.15) is 11.4 Å². The Balaban J connectivity index is 0.00000392. The molecule has 160 valence electrons. The molecule has 1 fully saturated rings. The van der Waals surface area contributed by atoms with Crippen molar-refractivity contribution >= 4 is 36.0 Å². The fraction of sp³-hybridized carbons (Fsp3) is 0.684. The Bertz CT molecular complexity index is 581. The zero-order valence-electron chi connectivity index (χ0n) is 17.0. The van der Waals surface area contributed by atoms with E-state index in [1.165, 1.54) is 0 Å². The Morgan fingerprint density at radius 2 is 2.00 bits per heavy atom. The van der Waals surface area contributed by atoms with Gasteiger partial charge in [0.2, 0.25) is 0 Å². The third-order valence-corrected chi connectivity index (χ3v) is 3.81. The van der Waals surface area contributed by atoms with Crippen LogP contribution in [0.2, 0.25) is 0 Å². The lowest BCUT2D eigenvalue weighted by Gasteiger charge is -2.20. The Morgan fingerprint density at radius 3 is 2.64 bits per heavy atom. The van der Waals surface area contributed by atoms with Crippen LogP contribution < -0.4 is 16.0 Å². The number of ether oxygens (including phenoxy) is 2. The van der Waals surface area contributed by atoms with Gasteiger partial charge in [-0.25, -0.2) is 4.79 Å². The van der Waals surface area contributed by atoms with Crippen LogP contribution in [-0.4, -0.2) is 56.5 Å². The molecule has 1 atom stereocenters. The van der Waals surface area contributed by atoms with Crippen LogP contribution in [0.4, 0.5) is 4.79 Å². The first-order valence-electron chi connectivity index (χ1n) is 9.55. The summed E-state index contributed by atoms with van der Waals surface area (Å²) in [7, 11) is 0. The molecule has 1 aliphatic heterocycles. The predicted molar refractivity (Wildman–Crippen MR) is 119 cm³/mol. The molecule has 3 N–H and O–H groups in total. The Labute approximate surface area is 184 Å². The average Bonchev–Trinajstić information content (AvgIpc) is 3.27. The number of carbonyl (C=O) groups excluding carboxylic acids is 1. The second-order valence-corrected chi connectivity index (χ2v) is 7.44. The van der Waals surface area contributed by atoms with Crippen molar-refractivity contribution in [3.8, 4) is 0 Å². The first kappa shape index (κ1) is 24.5. The number of amides is 1. The summed E-state index contributed by atoms with van der Waals surface area (Å²) in [4.78, 5) is 16.3. The Kier molecular flexibility index (Phi) is 11.3. The van der Waals surface area contributed by atoms with E-state index in [1.807, 2.05) is 32.9 Å². The molecule has 1 aliphatic rings. The van der Waals surface area contributed by atoms with Crippen LogP contribution in [0.5, 0.6) is 0 Å². The summed E-state index contributed by atoms with van der Waals surface area (Å²) in [5.41, 5.74) is -0.501. The summed E-state index contributed by atoms with van der Waals surface area (Å²) < 4.78 is 16.2. The maximum atomic E-state index is 11.7. The highest BCUT2D eigenvalue weighted by Gasteiger charge is 2.16. The fourth-order valence-corrected chi connectivity index (χ4v) is 2.57. The molecule has 2 rings (SSSR count).